The van der Waals surface area contributed by atoms with Crippen molar-refractivity contribution in [3.63, 3.8) is 0 Å². The first kappa shape index (κ1) is 19.5. The maximum atomic E-state index is 13.3. The number of benzene rings is 1. The molecule has 0 spiro atoms. The van der Waals surface area contributed by atoms with Gasteiger partial charge < -0.3 is 9.64 Å². The lowest BCUT2D eigenvalue weighted by molar-refractivity contribution is 0.0525. The first-order valence-electron chi connectivity index (χ1n) is 8.69. The minimum atomic E-state index is -3.95. The molecule has 0 saturated carbocycles. The summed E-state index contributed by atoms with van der Waals surface area (Å²) in [6, 6.07) is 5.87. The number of nitrogens with zero attached hydrogens (tertiary/aromatic N) is 2. The van der Waals surface area contributed by atoms with E-state index in [2.05, 4.69) is 14.6 Å². The molecule has 1 saturated heterocycles. The number of ether oxygens (including phenoxy) is 1. The molecular weight excluding hydrogens is 376 g/mol. The van der Waals surface area contributed by atoms with Crippen LogP contribution in [0.25, 0.3) is 0 Å². The van der Waals surface area contributed by atoms with Crippen LogP contribution in [0.5, 0.6) is 0 Å². The highest BCUT2D eigenvalue weighted by molar-refractivity contribution is 7.92. The van der Waals surface area contributed by atoms with Crippen molar-refractivity contribution in [2.75, 3.05) is 29.3 Å². The quantitative estimate of drug-likeness (QED) is 0.811. The number of anilines is 2. The van der Waals surface area contributed by atoms with Crippen LogP contribution in [-0.4, -0.2) is 39.2 Å². The molecule has 0 aliphatic carbocycles. The van der Waals surface area contributed by atoms with Crippen LogP contribution >= 0.6 is 0 Å². The minimum absolute atomic E-state index is 0.0608. The Hall–Kier alpha value is -2.26. The van der Waals surface area contributed by atoms with E-state index < -0.39 is 21.7 Å². The predicted molar refractivity (Wildman–Crippen MR) is 98.3 cm³/mol. The molecule has 0 amide bonds. The standard InChI is InChI=1S/C18H21F2N3O3S/c1-2-26-14-4-3-9-23(12-14)18-8-6-15(11-21-18)27(24,25)22-13-5-7-16(19)17(20)10-13/h5-8,10-11,14,22H,2-4,9,12H2,1H3. The van der Waals surface area contributed by atoms with Gasteiger partial charge in [-0.1, -0.05) is 0 Å². The minimum Gasteiger partial charge on any atom is -0.377 e. The van der Waals surface area contributed by atoms with Crippen LogP contribution < -0.4 is 9.62 Å². The summed E-state index contributed by atoms with van der Waals surface area (Å²) >= 11 is 0. The summed E-state index contributed by atoms with van der Waals surface area (Å²) in [5.41, 5.74) is -0.0615. The van der Waals surface area contributed by atoms with Crippen molar-refractivity contribution in [1.82, 2.24) is 4.98 Å². The van der Waals surface area contributed by atoms with Crippen LogP contribution in [0.15, 0.2) is 41.4 Å². The maximum absolute atomic E-state index is 13.3. The van der Waals surface area contributed by atoms with Crippen molar-refractivity contribution in [3.8, 4) is 0 Å². The van der Waals surface area contributed by atoms with Gasteiger partial charge in [0.1, 0.15) is 10.7 Å². The molecule has 146 valence electrons. The lowest BCUT2D eigenvalue weighted by atomic mass is 10.1. The fourth-order valence-electron chi connectivity index (χ4n) is 3.01. The molecule has 1 N–H and O–H groups in total. The number of nitrogens with one attached hydrogen (secondary N) is 1. The molecule has 6 nitrogen and oxygen atoms in total. The highest BCUT2D eigenvalue weighted by Crippen LogP contribution is 2.22. The molecule has 2 aromatic rings. The Morgan fingerprint density at radius 1 is 1.26 bits per heavy atom. The molecule has 1 atom stereocenters. The average Bonchev–Trinajstić information content (AvgIpc) is 2.65. The van der Waals surface area contributed by atoms with Crippen LogP contribution in [-0.2, 0) is 14.8 Å². The van der Waals surface area contributed by atoms with E-state index in [0.29, 0.717) is 19.0 Å². The SMILES string of the molecule is CCOC1CCCN(c2ccc(S(=O)(=O)Nc3ccc(F)c(F)c3)cn2)C1. The molecule has 9 heteroatoms. The molecule has 1 aromatic carbocycles. The van der Waals surface area contributed by atoms with Crippen molar-refractivity contribution in [2.45, 2.75) is 30.8 Å². The zero-order valence-corrected chi connectivity index (χ0v) is 15.7. The van der Waals surface area contributed by atoms with E-state index in [0.717, 1.165) is 37.6 Å². The van der Waals surface area contributed by atoms with Crippen LogP contribution in [0, 0.1) is 11.6 Å². The topological polar surface area (TPSA) is 71.5 Å². The Balaban J connectivity index is 1.72. The Labute approximate surface area is 157 Å². The summed E-state index contributed by atoms with van der Waals surface area (Å²) in [5.74, 6) is -1.50. The summed E-state index contributed by atoms with van der Waals surface area (Å²) < 4.78 is 59.0. The number of rotatable bonds is 6. The number of piperidine rings is 1. The zero-order valence-electron chi connectivity index (χ0n) is 14.9. The smallest absolute Gasteiger partial charge is 0.263 e. The van der Waals surface area contributed by atoms with Crippen LogP contribution in [0.3, 0.4) is 0 Å². The monoisotopic (exact) mass is 397 g/mol. The van der Waals surface area contributed by atoms with Crippen molar-refractivity contribution in [3.05, 3.63) is 48.2 Å². The van der Waals surface area contributed by atoms with Gasteiger partial charge >= 0.3 is 0 Å². The van der Waals surface area contributed by atoms with Crippen LogP contribution in [0.4, 0.5) is 20.3 Å². The molecule has 27 heavy (non-hydrogen) atoms. The Morgan fingerprint density at radius 2 is 2.07 bits per heavy atom. The van der Waals surface area contributed by atoms with Crippen LogP contribution in [0.2, 0.25) is 0 Å². The predicted octanol–water partition coefficient (Wildman–Crippen LogP) is 3.17. The van der Waals surface area contributed by atoms with Crippen molar-refractivity contribution in [1.29, 1.82) is 0 Å². The van der Waals surface area contributed by atoms with E-state index in [1.165, 1.54) is 12.3 Å². The van der Waals surface area contributed by atoms with Gasteiger partial charge in [0.05, 0.1) is 11.8 Å². The summed E-state index contributed by atoms with van der Waals surface area (Å²) in [4.78, 5) is 6.25. The lowest BCUT2D eigenvalue weighted by Gasteiger charge is -2.33. The molecule has 1 fully saturated rings. The number of pyridine rings is 1. The summed E-state index contributed by atoms with van der Waals surface area (Å²) in [7, 11) is -3.95. The third-order valence-corrected chi connectivity index (χ3v) is 5.67. The van der Waals surface area contributed by atoms with E-state index in [4.69, 9.17) is 4.74 Å². The van der Waals surface area contributed by atoms with Gasteiger partial charge in [0, 0.05) is 32.0 Å². The largest absolute Gasteiger partial charge is 0.377 e. The number of hydrogen-bond acceptors (Lipinski definition) is 5. The Kier molecular flexibility index (Phi) is 5.91. The van der Waals surface area contributed by atoms with Gasteiger partial charge in [0.25, 0.3) is 10.0 Å². The Morgan fingerprint density at radius 3 is 2.74 bits per heavy atom. The number of sulfonamides is 1. The molecule has 3 rings (SSSR count). The van der Waals surface area contributed by atoms with Gasteiger partial charge in [-0.05, 0) is 44.0 Å². The molecule has 1 aliphatic heterocycles. The van der Waals surface area contributed by atoms with Gasteiger partial charge in [0.15, 0.2) is 11.6 Å². The molecule has 0 radical (unpaired) electrons. The van der Waals surface area contributed by atoms with E-state index >= 15 is 0 Å². The third kappa shape index (κ3) is 4.72. The highest BCUT2D eigenvalue weighted by atomic mass is 32.2. The fraction of sp³-hybridized carbons (Fsp3) is 0.389. The van der Waals surface area contributed by atoms with Gasteiger partial charge in [-0.3, -0.25) is 4.72 Å². The second-order valence-corrected chi connectivity index (χ2v) is 7.93. The first-order chi connectivity index (χ1) is 12.9. The van der Waals surface area contributed by atoms with Gasteiger partial charge in [-0.15, -0.1) is 0 Å². The summed E-state index contributed by atoms with van der Waals surface area (Å²) in [5, 5.41) is 0. The van der Waals surface area contributed by atoms with Gasteiger partial charge in [-0.2, -0.15) is 0 Å². The third-order valence-electron chi connectivity index (χ3n) is 4.31. The first-order valence-corrected chi connectivity index (χ1v) is 10.2. The van der Waals surface area contributed by atoms with E-state index in [9.17, 15) is 17.2 Å². The molecular formula is C18H21F2N3O3S. The average molecular weight is 397 g/mol. The zero-order chi connectivity index (χ0) is 19.4. The van der Waals surface area contributed by atoms with Crippen molar-refractivity contribution >= 4 is 21.5 Å². The Bertz CT molecular complexity index is 889. The van der Waals surface area contributed by atoms with Crippen molar-refractivity contribution in [2.24, 2.45) is 0 Å². The lowest BCUT2D eigenvalue weighted by Crippen LogP contribution is -2.40. The van der Waals surface area contributed by atoms with Crippen LogP contribution in [0.1, 0.15) is 19.8 Å². The van der Waals surface area contributed by atoms with E-state index in [-0.39, 0.29) is 16.7 Å². The molecule has 1 aromatic heterocycles. The van der Waals surface area contributed by atoms with Gasteiger partial charge in [-0.25, -0.2) is 22.2 Å². The number of halogens is 2. The van der Waals surface area contributed by atoms with Gasteiger partial charge in [0.2, 0.25) is 0 Å². The second-order valence-electron chi connectivity index (χ2n) is 6.25. The maximum Gasteiger partial charge on any atom is 0.263 e. The summed E-state index contributed by atoms with van der Waals surface area (Å²) in [6.07, 6.45) is 3.37. The highest BCUT2D eigenvalue weighted by Gasteiger charge is 2.22. The molecule has 1 unspecified atom stereocenters. The van der Waals surface area contributed by atoms with E-state index in [1.807, 2.05) is 6.92 Å². The molecule has 0 bridgehead atoms. The number of aromatic nitrogens is 1. The number of hydrogen-bond donors (Lipinski definition) is 1. The molecule has 2 heterocycles. The normalized spacial score (nSPS) is 17.7. The fourth-order valence-corrected chi connectivity index (χ4v) is 4.00. The summed E-state index contributed by atoms with van der Waals surface area (Å²) in [6.45, 7) is 4.14. The van der Waals surface area contributed by atoms with Crippen molar-refractivity contribution < 1.29 is 21.9 Å². The van der Waals surface area contributed by atoms with E-state index in [1.54, 1.807) is 6.07 Å². The molecule has 1 aliphatic rings. The second kappa shape index (κ2) is 8.18.